The number of halogens is 3. The van der Waals surface area contributed by atoms with Crippen LogP contribution in [-0.4, -0.2) is 30.3 Å². The quantitative estimate of drug-likeness (QED) is 0.669. The molecule has 0 spiro atoms. The van der Waals surface area contributed by atoms with Crippen LogP contribution < -0.4 is 4.74 Å². The molecule has 2 aromatic carbocycles. The second kappa shape index (κ2) is 6.67. The Kier molecular flexibility index (Phi) is 4.66. The number of benzene rings is 2. The smallest absolute Gasteiger partial charge is 0.453 e. The van der Waals surface area contributed by atoms with Crippen LogP contribution in [0.3, 0.4) is 0 Å². The first-order valence-electron chi connectivity index (χ1n) is 7.38. The van der Waals surface area contributed by atoms with Crippen LogP contribution in [0, 0.1) is 0 Å². The molecule has 0 unspecified atom stereocenters. The summed E-state index contributed by atoms with van der Waals surface area (Å²) in [6, 6.07) is 10.9. The van der Waals surface area contributed by atoms with Crippen molar-refractivity contribution < 1.29 is 26.3 Å². The Morgan fingerprint density at radius 1 is 1.04 bits per heavy atom. The van der Waals surface area contributed by atoms with Crippen LogP contribution in [-0.2, 0) is 16.2 Å². The fourth-order valence-electron chi connectivity index (χ4n) is 2.31. The lowest BCUT2D eigenvalue weighted by atomic mass is 10.2. The van der Waals surface area contributed by atoms with Crippen molar-refractivity contribution in [3.8, 4) is 22.8 Å². The molecule has 7 nitrogen and oxygen atoms in total. The fourth-order valence-corrected chi connectivity index (χ4v) is 2.80. The van der Waals surface area contributed by atoms with E-state index in [-0.39, 0.29) is 16.4 Å². The molecule has 142 valence electrons. The summed E-state index contributed by atoms with van der Waals surface area (Å²) in [6.45, 7) is 0. The van der Waals surface area contributed by atoms with Crippen LogP contribution in [0.15, 0.2) is 53.4 Å². The normalized spacial score (nSPS) is 12.2. The van der Waals surface area contributed by atoms with E-state index in [1.807, 2.05) is 0 Å². The van der Waals surface area contributed by atoms with E-state index >= 15 is 0 Å². The molecule has 3 aromatic rings. The SMILES string of the molecule is COc1ccc(-c2nc(C(F)(F)F)nn2-c2ccc(S([NH-])(=O)=O)cc2)cc1. The molecule has 0 fully saturated rings. The van der Waals surface area contributed by atoms with E-state index in [9.17, 15) is 21.6 Å². The second-order valence-electron chi connectivity index (χ2n) is 5.39. The van der Waals surface area contributed by atoms with Gasteiger partial charge in [-0.25, -0.2) is 18.1 Å². The van der Waals surface area contributed by atoms with Crippen molar-refractivity contribution >= 4 is 10.0 Å². The van der Waals surface area contributed by atoms with Crippen LogP contribution in [0.2, 0.25) is 0 Å². The maximum absolute atomic E-state index is 13.1. The van der Waals surface area contributed by atoms with Crippen molar-refractivity contribution in [1.29, 1.82) is 0 Å². The average molecular weight is 397 g/mol. The zero-order chi connectivity index (χ0) is 19.8. The Bertz CT molecular complexity index is 1060. The molecule has 0 saturated heterocycles. The molecule has 1 aromatic heterocycles. The standard InChI is InChI=1S/C16H12F3N4O3S/c1-26-12-6-2-10(3-7-12)14-21-15(16(17,18)19)22-23(14)11-4-8-13(9-5-11)27(20,24)25/h2-9H,1H3,(H-,20,24,25)/q-1. The summed E-state index contributed by atoms with van der Waals surface area (Å²) in [5.74, 6) is -0.886. The molecule has 11 heteroatoms. The van der Waals surface area contributed by atoms with E-state index in [2.05, 4.69) is 10.1 Å². The minimum Gasteiger partial charge on any atom is -0.560 e. The molecule has 27 heavy (non-hydrogen) atoms. The molecule has 0 bridgehead atoms. The molecule has 1 heterocycles. The number of hydrogen-bond donors (Lipinski definition) is 0. The Morgan fingerprint density at radius 2 is 1.63 bits per heavy atom. The molecule has 0 aliphatic carbocycles. The summed E-state index contributed by atoms with van der Waals surface area (Å²) >= 11 is 0. The molecule has 0 atom stereocenters. The van der Waals surface area contributed by atoms with Gasteiger partial charge in [0.05, 0.1) is 22.8 Å². The molecule has 3 rings (SSSR count). The topological polar surface area (TPSA) is 97.9 Å². The van der Waals surface area contributed by atoms with Crippen LogP contribution in [0.1, 0.15) is 5.82 Å². The number of ether oxygens (including phenoxy) is 1. The lowest BCUT2D eigenvalue weighted by molar-refractivity contribution is -0.144. The molecule has 0 aliphatic rings. The highest BCUT2D eigenvalue weighted by molar-refractivity contribution is 7.93. The Morgan fingerprint density at radius 3 is 2.11 bits per heavy atom. The maximum atomic E-state index is 13.1. The zero-order valence-electron chi connectivity index (χ0n) is 13.7. The van der Waals surface area contributed by atoms with Gasteiger partial charge >= 0.3 is 6.18 Å². The van der Waals surface area contributed by atoms with E-state index in [1.54, 1.807) is 12.1 Å². The number of nitrogens with zero attached hydrogens (tertiary/aromatic N) is 3. The Labute approximate surface area is 152 Å². The van der Waals surface area contributed by atoms with Gasteiger partial charge in [0.2, 0.25) is 0 Å². The van der Waals surface area contributed by atoms with E-state index < -0.39 is 22.0 Å². The number of methoxy groups -OCH3 is 1. The van der Waals surface area contributed by atoms with Gasteiger partial charge in [0.15, 0.2) is 5.82 Å². The molecule has 0 radical (unpaired) electrons. The Balaban J connectivity index is 2.14. The van der Waals surface area contributed by atoms with E-state index in [1.165, 1.54) is 31.4 Å². The van der Waals surface area contributed by atoms with Crippen molar-refractivity contribution in [3.63, 3.8) is 0 Å². The lowest BCUT2D eigenvalue weighted by Crippen LogP contribution is -2.08. The van der Waals surface area contributed by atoms with Crippen molar-refractivity contribution in [1.82, 2.24) is 14.8 Å². The zero-order valence-corrected chi connectivity index (χ0v) is 14.5. The molecular formula is C16H12F3N4O3S-. The monoisotopic (exact) mass is 397 g/mol. The third kappa shape index (κ3) is 3.93. The summed E-state index contributed by atoms with van der Waals surface area (Å²) in [4.78, 5) is 3.30. The van der Waals surface area contributed by atoms with Gasteiger partial charge in [-0.3, -0.25) is 0 Å². The minimum atomic E-state index is -4.75. The van der Waals surface area contributed by atoms with Crippen molar-refractivity contribution in [2.45, 2.75) is 11.1 Å². The number of rotatable bonds is 4. The van der Waals surface area contributed by atoms with Gasteiger partial charge in [-0.2, -0.15) is 13.2 Å². The van der Waals surface area contributed by atoms with Crippen LogP contribution >= 0.6 is 0 Å². The first kappa shape index (κ1) is 18.9. The molecule has 0 aliphatic heterocycles. The molecule has 1 N–H and O–H groups in total. The highest BCUT2D eigenvalue weighted by Crippen LogP contribution is 2.31. The Hall–Kier alpha value is -2.92. The highest BCUT2D eigenvalue weighted by Gasteiger charge is 2.37. The summed E-state index contributed by atoms with van der Waals surface area (Å²) in [5.41, 5.74) is 0.521. The predicted octanol–water partition coefficient (Wildman–Crippen LogP) is 3.70. The third-order valence-electron chi connectivity index (χ3n) is 3.60. The maximum Gasteiger partial charge on any atom is 0.453 e. The summed E-state index contributed by atoms with van der Waals surface area (Å²) in [6.07, 6.45) is -4.75. The van der Waals surface area contributed by atoms with Gasteiger partial charge in [0.1, 0.15) is 5.75 Å². The fraction of sp³-hybridized carbons (Fsp3) is 0.125. The van der Waals surface area contributed by atoms with Gasteiger partial charge in [-0.15, -0.1) is 5.10 Å². The van der Waals surface area contributed by atoms with E-state index in [4.69, 9.17) is 9.88 Å². The van der Waals surface area contributed by atoms with Gasteiger partial charge in [-0.05, 0) is 48.5 Å². The van der Waals surface area contributed by atoms with Gasteiger partial charge in [0.25, 0.3) is 5.82 Å². The number of sulfonamides is 1. The number of nitrogens with one attached hydrogen (secondary N) is 1. The highest BCUT2D eigenvalue weighted by atomic mass is 32.2. The van der Waals surface area contributed by atoms with Crippen molar-refractivity contribution in [2.24, 2.45) is 0 Å². The van der Waals surface area contributed by atoms with Crippen LogP contribution in [0.5, 0.6) is 5.75 Å². The van der Waals surface area contributed by atoms with Crippen LogP contribution in [0.4, 0.5) is 13.2 Å². The minimum absolute atomic E-state index is 0.0774. The predicted molar refractivity (Wildman–Crippen MR) is 89.9 cm³/mol. The van der Waals surface area contributed by atoms with Crippen LogP contribution in [0.25, 0.3) is 22.2 Å². The van der Waals surface area contributed by atoms with Crippen molar-refractivity contribution in [3.05, 3.63) is 59.5 Å². The molecule has 0 amide bonds. The van der Waals surface area contributed by atoms with Gasteiger partial charge < -0.3 is 9.88 Å². The first-order valence-corrected chi connectivity index (χ1v) is 8.86. The van der Waals surface area contributed by atoms with Crippen molar-refractivity contribution in [2.75, 3.05) is 7.11 Å². The first-order chi connectivity index (χ1) is 12.6. The van der Waals surface area contributed by atoms with Gasteiger partial charge in [0, 0.05) is 10.5 Å². The second-order valence-corrected chi connectivity index (χ2v) is 6.87. The third-order valence-corrected chi connectivity index (χ3v) is 4.49. The number of alkyl halides is 3. The molecule has 0 saturated carbocycles. The number of aromatic nitrogens is 3. The largest absolute Gasteiger partial charge is 0.560 e. The molecular weight excluding hydrogens is 385 g/mol. The van der Waals surface area contributed by atoms with Gasteiger partial charge in [-0.1, -0.05) is 0 Å². The van der Waals surface area contributed by atoms with E-state index in [0.717, 1.165) is 16.8 Å². The summed E-state index contributed by atoms with van der Waals surface area (Å²) < 4.78 is 67.7. The van der Waals surface area contributed by atoms with E-state index in [0.29, 0.717) is 11.3 Å². The summed E-state index contributed by atoms with van der Waals surface area (Å²) in [7, 11) is -2.72. The average Bonchev–Trinajstić information content (AvgIpc) is 3.07. The lowest BCUT2D eigenvalue weighted by Gasteiger charge is -2.09. The number of hydrogen-bond acceptors (Lipinski definition) is 5. The summed E-state index contributed by atoms with van der Waals surface area (Å²) in [5, 5.41) is 10.5.